The number of sulfonamides is 1. The molecule has 0 saturated carbocycles. The van der Waals surface area contributed by atoms with Crippen LogP contribution in [0.5, 0.6) is 5.75 Å². The summed E-state index contributed by atoms with van der Waals surface area (Å²) in [6, 6.07) is 11.2. The molecular formula is C21H22Cl2N2O5S. The van der Waals surface area contributed by atoms with Gasteiger partial charge in [-0.05, 0) is 48.0 Å². The maximum atomic E-state index is 12.6. The van der Waals surface area contributed by atoms with Crippen molar-refractivity contribution in [1.29, 1.82) is 0 Å². The number of benzene rings is 2. The first kappa shape index (κ1) is 23.6. The van der Waals surface area contributed by atoms with E-state index in [0.29, 0.717) is 47.7 Å². The van der Waals surface area contributed by atoms with Crippen LogP contribution < -0.4 is 10.1 Å². The molecule has 1 heterocycles. The van der Waals surface area contributed by atoms with Crippen molar-refractivity contribution in [2.24, 2.45) is 0 Å². The van der Waals surface area contributed by atoms with Crippen LogP contribution in [0, 0.1) is 0 Å². The zero-order valence-corrected chi connectivity index (χ0v) is 18.9. The molecule has 1 aliphatic rings. The number of ether oxygens (including phenoxy) is 2. The molecule has 10 heteroatoms. The Morgan fingerprint density at radius 3 is 2.52 bits per heavy atom. The van der Waals surface area contributed by atoms with Crippen LogP contribution in [0.3, 0.4) is 0 Å². The molecule has 1 N–H and O–H groups in total. The van der Waals surface area contributed by atoms with Gasteiger partial charge in [-0.25, -0.2) is 8.42 Å². The third-order valence-corrected chi connectivity index (χ3v) is 6.95. The second-order valence-corrected chi connectivity index (χ2v) is 9.41. The predicted molar refractivity (Wildman–Crippen MR) is 120 cm³/mol. The lowest BCUT2D eigenvalue weighted by molar-refractivity contribution is -0.116. The summed E-state index contributed by atoms with van der Waals surface area (Å²) in [5.41, 5.74) is 0.685. The number of carbonyl (C=O) groups excluding carboxylic acids is 1. The summed E-state index contributed by atoms with van der Waals surface area (Å²) in [5.74, 6) is 0.222. The summed E-state index contributed by atoms with van der Waals surface area (Å²) in [6.07, 6.45) is 2.98. The Balaban J connectivity index is 1.44. The van der Waals surface area contributed by atoms with Crippen LogP contribution in [-0.2, 0) is 19.6 Å². The van der Waals surface area contributed by atoms with Gasteiger partial charge in [-0.15, -0.1) is 0 Å². The number of rotatable bonds is 8. The van der Waals surface area contributed by atoms with E-state index in [0.717, 1.165) is 0 Å². The molecule has 0 aromatic heterocycles. The fraction of sp³-hybridized carbons (Fsp3) is 0.286. The van der Waals surface area contributed by atoms with Gasteiger partial charge in [0.15, 0.2) is 0 Å². The number of hydrogen-bond donors (Lipinski definition) is 1. The molecule has 0 atom stereocenters. The molecule has 1 amide bonds. The van der Waals surface area contributed by atoms with Crippen LogP contribution in [0.1, 0.15) is 5.56 Å². The molecule has 166 valence electrons. The number of carbonyl (C=O) groups is 1. The number of halogens is 2. The van der Waals surface area contributed by atoms with Gasteiger partial charge < -0.3 is 14.8 Å². The van der Waals surface area contributed by atoms with Crippen molar-refractivity contribution in [3.8, 4) is 5.75 Å². The van der Waals surface area contributed by atoms with E-state index in [2.05, 4.69) is 5.32 Å². The SMILES string of the molecule is O=C(/C=C/c1ccc(Cl)cc1Cl)NCCOc1ccc(S(=O)(=O)N2CCOCC2)cc1. The highest BCUT2D eigenvalue weighted by molar-refractivity contribution is 7.89. The van der Waals surface area contributed by atoms with E-state index < -0.39 is 10.0 Å². The zero-order chi connectivity index (χ0) is 22.3. The zero-order valence-electron chi connectivity index (χ0n) is 16.6. The molecule has 0 spiro atoms. The van der Waals surface area contributed by atoms with Crippen LogP contribution in [0.15, 0.2) is 53.4 Å². The van der Waals surface area contributed by atoms with Crippen molar-refractivity contribution >= 4 is 45.2 Å². The largest absolute Gasteiger partial charge is 0.492 e. The van der Waals surface area contributed by atoms with Crippen LogP contribution in [0.4, 0.5) is 0 Å². The van der Waals surface area contributed by atoms with Crippen LogP contribution in [-0.4, -0.2) is 58.1 Å². The minimum atomic E-state index is -3.53. The molecule has 2 aromatic rings. The summed E-state index contributed by atoms with van der Waals surface area (Å²) in [6.45, 7) is 2.00. The highest BCUT2D eigenvalue weighted by Crippen LogP contribution is 2.22. The summed E-state index contributed by atoms with van der Waals surface area (Å²) >= 11 is 11.9. The highest BCUT2D eigenvalue weighted by Gasteiger charge is 2.26. The van der Waals surface area contributed by atoms with Gasteiger partial charge in [-0.1, -0.05) is 29.3 Å². The fourth-order valence-electron chi connectivity index (χ4n) is 2.85. The first-order valence-electron chi connectivity index (χ1n) is 9.58. The molecule has 0 aliphatic carbocycles. The quantitative estimate of drug-likeness (QED) is 0.459. The fourth-order valence-corrected chi connectivity index (χ4v) is 4.73. The van der Waals surface area contributed by atoms with Gasteiger partial charge in [0.05, 0.1) is 24.7 Å². The number of morpholine rings is 1. The smallest absolute Gasteiger partial charge is 0.244 e. The molecule has 0 bridgehead atoms. The third kappa shape index (κ3) is 6.69. The summed E-state index contributed by atoms with van der Waals surface area (Å²) < 4.78 is 37.4. The van der Waals surface area contributed by atoms with E-state index >= 15 is 0 Å². The van der Waals surface area contributed by atoms with E-state index in [1.807, 2.05) is 0 Å². The summed E-state index contributed by atoms with van der Waals surface area (Å²) in [4.78, 5) is 12.1. The highest BCUT2D eigenvalue weighted by atomic mass is 35.5. The Labute approximate surface area is 191 Å². The number of nitrogens with one attached hydrogen (secondary N) is 1. The molecule has 1 fully saturated rings. The number of hydrogen-bond acceptors (Lipinski definition) is 5. The Hall–Kier alpha value is -2.10. The molecule has 7 nitrogen and oxygen atoms in total. The first-order valence-corrected chi connectivity index (χ1v) is 11.8. The van der Waals surface area contributed by atoms with E-state index in [4.69, 9.17) is 32.7 Å². The van der Waals surface area contributed by atoms with Crippen molar-refractivity contribution in [2.75, 3.05) is 39.5 Å². The molecular weight excluding hydrogens is 463 g/mol. The van der Waals surface area contributed by atoms with Crippen LogP contribution in [0.2, 0.25) is 10.0 Å². The van der Waals surface area contributed by atoms with Crippen LogP contribution >= 0.6 is 23.2 Å². The molecule has 3 rings (SSSR count). The Morgan fingerprint density at radius 2 is 1.84 bits per heavy atom. The Kier molecular flexibility index (Phi) is 8.34. The third-order valence-electron chi connectivity index (χ3n) is 4.48. The molecule has 0 unspecified atom stereocenters. The molecule has 2 aromatic carbocycles. The Morgan fingerprint density at radius 1 is 1.13 bits per heavy atom. The lowest BCUT2D eigenvalue weighted by atomic mass is 10.2. The predicted octanol–water partition coefficient (Wildman–Crippen LogP) is 3.22. The van der Waals surface area contributed by atoms with E-state index in [-0.39, 0.29) is 24.0 Å². The Bertz CT molecular complexity index is 1040. The lowest BCUT2D eigenvalue weighted by Crippen LogP contribution is -2.40. The number of nitrogens with zero attached hydrogens (tertiary/aromatic N) is 1. The minimum Gasteiger partial charge on any atom is -0.492 e. The van der Waals surface area contributed by atoms with Crippen molar-refractivity contribution in [3.05, 3.63) is 64.1 Å². The monoisotopic (exact) mass is 484 g/mol. The number of amides is 1. The van der Waals surface area contributed by atoms with Gasteiger partial charge in [-0.3, -0.25) is 4.79 Å². The normalized spacial score (nSPS) is 15.2. The topological polar surface area (TPSA) is 84.9 Å². The minimum absolute atomic E-state index is 0.209. The van der Waals surface area contributed by atoms with Crippen molar-refractivity contribution < 1.29 is 22.7 Å². The lowest BCUT2D eigenvalue weighted by Gasteiger charge is -2.26. The van der Waals surface area contributed by atoms with Gasteiger partial charge in [0.25, 0.3) is 0 Å². The van der Waals surface area contributed by atoms with Gasteiger partial charge in [0.1, 0.15) is 12.4 Å². The molecule has 0 radical (unpaired) electrons. The van der Waals surface area contributed by atoms with Gasteiger partial charge in [0.2, 0.25) is 15.9 Å². The van der Waals surface area contributed by atoms with Gasteiger partial charge >= 0.3 is 0 Å². The first-order chi connectivity index (χ1) is 14.9. The van der Waals surface area contributed by atoms with E-state index in [1.165, 1.54) is 22.5 Å². The maximum Gasteiger partial charge on any atom is 0.244 e. The summed E-state index contributed by atoms with van der Waals surface area (Å²) in [5, 5.41) is 3.68. The molecule has 31 heavy (non-hydrogen) atoms. The van der Waals surface area contributed by atoms with Crippen molar-refractivity contribution in [3.63, 3.8) is 0 Å². The molecule has 1 aliphatic heterocycles. The molecule has 1 saturated heterocycles. The second kappa shape index (κ2) is 11.0. The average Bonchev–Trinajstić information content (AvgIpc) is 2.77. The van der Waals surface area contributed by atoms with Crippen LogP contribution in [0.25, 0.3) is 6.08 Å². The van der Waals surface area contributed by atoms with Crippen molar-refractivity contribution in [2.45, 2.75) is 4.90 Å². The standard InChI is InChI=1S/C21H22Cl2N2O5S/c22-17-3-1-16(20(23)15-17)2-8-21(26)24-9-12-30-18-4-6-19(7-5-18)31(27,28)25-10-13-29-14-11-25/h1-8,15H,9-14H2,(H,24,26)/b8-2+. The van der Waals surface area contributed by atoms with E-state index in [9.17, 15) is 13.2 Å². The van der Waals surface area contributed by atoms with Gasteiger partial charge in [0, 0.05) is 29.2 Å². The van der Waals surface area contributed by atoms with Gasteiger partial charge in [-0.2, -0.15) is 4.31 Å². The average molecular weight is 485 g/mol. The summed E-state index contributed by atoms with van der Waals surface area (Å²) in [7, 11) is -3.53. The van der Waals surface area contributed by atoms with Crippen molar-refractivity contribution in [1.82, 2.24) is 9.62 Å². The van der Waals surface area contributed by atoms with E-state index in [1.54, 1.807) is 36.4 Å². The second-order valence-electron chi connectivity index (χ2n) is 6.63. The maximum absolute atomic E-state index is 12.6.